The Bertz CT molecular complexity index is 936. The van der Waals surface area contributed by atoms with Crippen molar-refractivity contribution in [3.8, 4) is 5.75 Å². The number of rotatable bonds is 7. The molecule has 0 spiro atoms. The first-order valence-electron chi connectivity index (χ1n) is 8.48. The highest BCUT2D eigenvalue weighted by atomic mass is 35.5. The molecule has 2 N–H and O–H groups in total. The number of halogens is 2. The number of hydrogen-bond acceptors (Lipinski definition) is 5. The zero-order chi connectivity index (χ0) is 19.2. The Hall–Kier alpha value is -2.86. The molecule has 0 amide bonds. The van der Waals surface area contributed by atoms with Crippen molar-refractivity contribution in [3.63, 3.8) is 0 Å². The van der Waals surface area contributed by atoms with Gasteiger partial charge in [-0.1, -0.05) is 23.7 Å². The van der Waals surface area contributed by atoms with E-state index in [2.05, 4.69) is 26.7 Å². The number of nitrogens with one attached hydrogen (secondary N) is 2. The SMILES string of the molecule is COc1cccc(CCNc2cc(Nc3ccc(F)c(Cl)c3)nc(C)n2)c1. The number of aromatic nitrogens is 2. The van der Waals surface area contributed by atoms with Crippen LogP contribution in [-0.4, -0.2) is 23.6 Å². The van der Waals surface area contributed by atoms with Crippen LogP contribution < -0.4 is 15.4 Å². The highest BCUT2D eigenvalue weighted by Crippen LogP contribution is 2.23. The molecule has 7 heteroatoms. The summed E-state index contributed by atoms with van der Waals surface area (Å²) in [5.74, 6) is 2.32. The van der Waals surface area contributed by atoms with Crippen LogP contribution >= 0.6 is 11.6 Å². The summed E-state index contributed by atoms with van der Waals surface area (Å²) in [4.78, 5) is 8.75. The maximum absolute atomic E-state index is 13.3. The van der Waals surface area contributed by atoms with E-state index in [0.29, 0.717) is 29.7 Å². The molecule has 0 aliphatic heterocycles. The molecule has 0 saturated heterocycles. The van der Waals surface area contributed by atoms with Crippen molar-refractivity contribution in [1.82, 2.24) is 9.97 Å². The number of hydrogen-bond donors (Lipinski definition) is 2. The second kappa shape index (κ2) is 8.68. The van der Waals surface area contributed by atoms with Gasteiger partial charge in [0, 0.05) is 18.3 Å². The Morgan fingerprint density at radius 2 is 1.89 bits per heavy atom. The molecule has 3 rings (SSSR count). The first-order valence-corrected chi connectivity index (χ1v) is 8.86. The summed E-state index contributed by atoms with van der Waals surface area (Å²) in [6.07, 6.45) is 0.830. The van der Waals surface area contributed by atoms with Crippen LogP contribution in [-0.2, 0) is 6.42 Å². The summed E-state index contributed by atoms with van der Waals surface area (Å²) in [6.45, 7) is 2.53. The number of anilines is 3. The van der Waals surface area contributed by atoms with Crippen molar-refractivity contribution < 1.29 is 9.13 Å². The van der Waals surface area contributed by atoms with Crippen LogP contribution in [0, 0.1) is 12.7 Å². The molecule has 0 bridgehead atoms. The number of nitrogens with zero attached hydrogens (tertiary/aromatic N) is 2. The van der Waals surface area contributed by atoms with E-state index >= 15 is 0 Å². The molecule has 0 saturated carbocycles. The smallest absolute Gasteiger partial charge is 0.141 e. The third-order valence-corrected chi connectivity index (χ3v) is 4.17. The highest BCUT2D eigenvalue weighted by molar-refractivity contribution is 6.31. The maximum Gasteiger partial charge on any atom is 0.141 e. The predicted molar refractivity (Wildman–Crippen MR) is 107 cm³/mol. The van der Waals surface area contributed by atoms with Gasteiger partial charge in [-0.15, -0.1) is 0 Å². The Morgan fingerprint density at radius 3 is 2.67 bits per heavy atom. The van der Waals surface area contributed by atoms with Crippen LogP contribution in [0.2, 0.25) is 5.02 Å². The third kappa shape index (κ3) is 5.31. The summed E-state index contributed by atoms with van der Waals surface area (Å²) in [6, 6.07) is 14.2. The minimum Gasteiger partial charge on any atom is -0.497 e. The van der Waals surface area contributed by atoms with Gasteiger partial charge in [-0.05, 0) is 49.2 Å². The number of ether oxygens (including phenoxy) is 1. The summed E-state index contributed by atoms with van der Waals surface area (Å²) >= 11 is 5.82. The molecule has 5 nitrogen and oxygen atoms in total. The topological polar surface area (TPSA) is 59.1 Å². The Kier molecular flexibility index (Phi) is 6.08. The van der Waals surface area contributed by atoms with Crippen molar-refractivity contribution in [1.29, 1.82) is 0 Å². The van der Waals surface area contributed by atoms with Crippen LogP contribution in [0.1, 0.15) is 11.4 Å². The molecule has 140 valence electrons. The quantitative estimate of drug-likeness (QED) is 0.599. The normalized spacial score (nSPS) is 10.5. The third-order valence-electron chi connectivity index (χ3n) is 3.88. The lowest BCUT2D eigenvalue weighted by Gasteiger charge is -2.11. The lowest BCUT2D eigenvalue weighted by Crippen LogP contribution is -2.08. The van der Waals surface area contributed by atoms with E-state index < -0.39 is 5.82 Å². The monoisotopic (exact) mass is 386 g/mol. The van der Waals surface area contributed by atoms with Gasteiger partial charge in [0.25, 0.3) is 0 Å². The van der Waals surface area contributed by atoms with E-state index in [1.807, 2.05) is 25.1 Å². The zero-order valence-electron chi connectivity index (χ0n) is 15.1. The van der Waals surface area contributed by atoms with Crippen molar-refractivity contribution in [2.24, 2.45) is 0 Å². The molecular formula is C20H20ClFN4O. The van der Waals surface area contributed by atoms with Gasteiger partial charge in [0.05, 0.1) is 12.1 Å². The molecule has 1 aromatic heterocycles. The maximum atomic E-state index is 13.3. The first kappa shape index (κ1) is 18.9. The highest BCUT2D eigenvalue weighted by Gasteiger charge is 2.05. The second-order valence-corrected chi connectivity index (χ2v) is 6.38. The molecule has 27 heavy (non-hydrogen) atoms. The van der Waals surface area contributed by atoms with Gasteiger partial charge in [0.15, 0.2) is 0 Å². The number of benzene rings is 2. The van der Waals surface area contributed by atoms with E-state index in [1.54, 1.807) is 19.2 Å². The molecule has 3 aromatic rings. The van der Waals surface area contributed by atoms with Crippen molar-refractivity contribution in [2.75, 3.05) is 24.3 Å². The van der Waals surface area contributed by atoms with Crippen LogP contribution in [0.15, 0.2) is 48.5 Å². The van der Waals surface area contributed by atoms with Gasteiger partial charge in [0.2, 0.25) is 0 Å². The van der Waals surface area contributed by atoms with Crippen molar-refractivity contribution in [2.45, 2.75) is 13.3 Å². The molecular weight excluding hydrogens is 367 g/mol. The fourth-order valence-corrected chi connectivity index (χ4v) is 2.79. The summed E-state index contributed by atoms with van der Waals surface area (Å²) in [5, 5.41) is 6.48. The van der Waals surface area contributed by atoms with E-state index in [-0.39, 0.29) is 5.02 Å². The van der Waals surface area contributed by atoms with Gasteiger partial charge in [-0.2, -0.15) is 0 Å². The van der Waals surface area contributed by atoms with Crippen molar-refractivity contribution >= 4 is 28.9 Å². The van der Waals surface area contributed by atoms with Crippen molar-refractivity contribution in [3.05, 3.63) is 70.8 Å². The van der Waals surface area contributed by atoms with E-state index in [9.17, 15) is 4.39 Å². The van der Waals surface area contributed by atoms with E-state index in [0.717, 1.165) is 12.2 Å². The van der Waals surface area contributed by atoms with Gasteiger partial charge >= 0.3 is 0 Å². The van der Waals surface area contributed by atoms with Gasteiger partial charge in [0.1, 0.15) is 29.0 Å². The second-order valence-electron chi connectivity index (χ2n) is 5.97. The fourth-order valence-electron chi connectivity index (χ4n) is 2.61. The fraction of sp³-hybridized carbons (Fsp3) is 0.200. The number of methoxy groups -OCH3 is 1. The number of aryl methyl sites for hydroxylation is 1. The minimum atomic E-state index is -0.457. The van der Waals surface area contributed by atoms with Gasteiger partial charge in [-0.25, -0.2) is 14.4 Å². The summed E-state index contributed by atoms with van der Waals surface area (Å²) in [5.41, 5.74) is 1.83. The molecule has 0 atom stereocenters. The lowest BCUT2D eigenvalue weighted by molar-refractivity contribution is 0.414. The first-order chi connectivity index (χ1) is 13.0. The molecule has 0 fully saturated rings. The standard InChI is InChI=1S/C20H20ClFN4O/c1-13-24-19(23-9-8-14-4-3-5-16(10-14)27-2)12-20(25-13)26-15-6-7-18(22)17(21)11-15/h3-7,10-12H,8-9H2,1-2H3,(H2,23,24,25,26). The van der Waals surface area contributed by atoms with E-state index in [1.165, 1.54) is 17.7 Å². The summed E-state index contributed by atoms with van der Waals surface area (Å²) < 4.78 is 18.5. The Balaban J connectivity index is 1.64. The average molecular weight is 387 g/mol. The largest absolute Gasteiger partial charge is 0.497 e. The Labute approximate surface area is 162 Å². The van der Waals surface area contributed by atoms with Crippen LogP contribution in [0.4, 0.5) is 21.7 Å². The molecule has 1 heterocycles. The predicted octanol–water partition coefficient (Wildman–Crippen LogP) is 4.98. The van der Waals surface area contributed by atoms with Crippen LogP contribution in [0.25, 0.3) is 0 Å². The average Bonchev–Trinajstić information content (AvgIpc) is 2.64. The Morgan fingerprint density at radius 1 is 1.07 bits per heavy atom. The van der Waals surface area contributed by atoms with Crippen LogP contribution in [0.3, 0.4) is 0 Å². The molecule has 2 aromatic carbocycles. The summed E-state index contributed by atoms with van der Waals surface area (Å²) in [7, 11) is 1.66. The zero-order valence-corrected chi connectivity index (χ0v) is 15.8. The molecule has 0 aliphatic carbocycles. The van der Waals surface area contributed by atoms with E-state index in [4.69, 9.17) is 16.3 Å². The van der Waals surface area contributed by atoms with Gasteiger partial charge < -0.3 is 15.4 Å². The minimum absolute atomic E-state index is 0.0578. The molecule has 0 unspecified atom stereocenters. The van der Waals surface area contributed by atoms with Crippen LogP contribution in [0.5, 0.6) is 5.75 Å². The van der Waals surface area contributed by atoms with Gasteiger partial charge in [-0.3, -0.25) is 0 Å². The lowest BCUT2D eigenvalue weighted by atomic mass is 10.1. The molecule has 0 radical (unpaired) electrons. The molecule has 0 aliphatic rings.